The van der Waals surface area contributed by atoms with E-state index in [2.05, 4.69) is 185 Å². The van der Waals surface area contributed by atoms with E-state index >= 15 is 0 Å². The molecule has 2 aliphatic heterocycles. The van der Waals surface area contributed by atoms with Gasteiger partial charge in [-0.3, -0.25) is 0 Å². The summed E-state index contributed by atoms with van der Waals surface area (Å²) < 4.78 is 2.53. The molecule has 3 aliphatic rings. The van der Waals surface area contributed by atoms with Gasteiger partial charge in [0.05, 0.1) is 0 Å². The summed E-state index contributed by atoms with van der Waals surface area (Å²) >= 11 is 0. The molecule has 3 nitrogen and oxygen atoms in total. The van der Waals surface area contributed by atoms with Crippen molar-refractivity contribution >= 4 is 28.5 Å². The maximum Gasteiger partial charge on any atom is 0.211 e. The molecule has 3 heteroatoms. The van der Waals surface area contributed by atoms with Crippen molar-refractivity contribution in [2.45, 2.75) is 71.6 Å². The first-order valence-electron chi connectivity index (χ1n) is 17.6. The summed E-state index contributed by atoms with van der Waals surface area (Å²) in [7, 11) is 4.46. The van der Waals surface area contributed by atoms with Crippen LogP contribution in [0.4, 0.5) is 22.7 Å². The Bertz CT molecular complexity index is 1950. The predicted octanol–water partition coefficient (Wildman–Crippen LogP) is 10.9. The van der Waals surface area contributed by atoms with E-state index in [4.69, 9.17) is 0 Å². The third-order valence-electron chi connectivity index (χ3n) is 11.2. The van der Waals surface area contributed by atoms with Crippen molar-refractivity contribution in [3.05, 3.63) is 155 Å². The molecule has 1 saturated carbocycles. The Labute approximate surface area is 288 Å². The largest absolute Gasteiger partial charge is 0.347 e. The van der Waals surface area contributed by atoms with E-state index in [0.29, 0.717) is 5.92 Å². The highest BCUT2D eigenvalue weighted by Crippen LogP contribution is 2.49. The van der Waals surface area contributed by atoms with Crippen LogP contribution in [0, 0.1) is 19.8 Å². The number of hydrogen-bond acceptors (Lipinski definition) is 2. The molecule has 1 unspecified atom stereocenters. The van der Waals surface area contributed by atoms with Gasteiger partial charge in [0.2, 0.25) is 11.4 Å². The molecule has 4 aromatic rings. The molecule has 0 radical (unpaired) electrons. The zero-order valence-electron chi connectivity index (χ0n) is 30.0. The van der Waals surface area contributed by atoms with Crippen LogP contribution in [0.5, 0.6) is 0 Å². The van der Waals surface area contributed by atoms with Gasteiger partial charge in [0.15, 0.2) is 5.71 Å². The number of benzene rings is 4. The van der Waals surface area contributed by atoms with Gasteiger partial charge >= 0.3 is 0 Å². The lowest BCUT2D eigenvalue weighted by atomic mass is 9.82. The maximum atomic E-state index is 2.54. The monoisotopic (exact) mass is 632 g/mol. The van der Waals surface area contributed by atoms with Gasteiger partial charge in [-0.1, -0.05) is 112 Å². The van der Waals surface area contributed by atoms with Gasteiger partial charge < -0.3 is 9.80 Å². The molecule has 7 rings (SSSR count). The zero-order chi connectivity index (χ0) is 33.8. The fraction of sp³-hybridized carbons (Fsp3) is 0.311. The molecule has 0 aromatic heterocycles. The molecule has 0 spiro atoms. The number of fused-ring (bicyclic) bond motifs is 2. The minimum absolute atomic E-state index is 0.0392. The third-order valence-corrected chi connectivity index (χ3v) is 11.2. The second-order valence-corrected chi connectivity index (χ2v) is 15.1. The number of para-hydroxylation sites is 2. The van der Waals surface area contributed by atoms with Crippen LogP contribution in [-0.4, -0.2) is 19.8 Å². The zero-order valence-corrected chi connectivity index (χ0v) is 30.0. The molecule has 0 saturated heterocycles. The van der Waals surface area contributed by atoms with E-state index < -0.39 is 0 Å². The Morgan fingerprint density at radius 3 is 1.71 bits per heavy atom. The number of rotatable bonds is 5. The SMILES string of the molecule is Cc1ccc2c(c1)C(C)(C)C(=CC=C1CCC(C/C=C3/N(C)c4ccc(C)cc4C3(C)C)C1=[N+](c1ccccc1)c1ccccc1)N2C. The predicted molar refractivity (Wildman–Crippen MR) is 206 cm³/mol. The maximum absolute atomic E-state index is 2.54. The lowest BCUT2D eigenvalue weighted by molar-refractivity contribution is 0.619. The second kappa shape index (κ2) is 12.1. The van der Waals surface area contributed by atoms with Crippen molar-refractivity contribution in [1.29, 1.82) is 0 Å². The van der Waals surface area contributed by atoms with E-state index in [9.17, 15) is 0 Å². The van der Waals surface area contributed by atoms with Crippen LogP contribution in [-0.2, 0) is 10.8 Å². The first-order chi connectivity index (χ1) is 23.0. The number of aryl methyl sites for hydroxylation is 2. The Morgan fingerprint density at radius 1 is 0.667 bits per heavy atom. The number of hydrogen-bond donors (Lipinski definition) is 0. The average Bonchev–Trinajstić information content (AvgIpc) is 3.61. The summed E-state index contributed by atoms with van der Waals surface area (Å²) in [5.74, 6) is 0.381. The fourth-order valence-electron chi connectivity index (χ4n) is 8.57. The summed E-state index contributed by atoms with van der Waals surface area (Å²) in [6, 6.07) is 35.7. The molecule has 0 amide bonds. The van der Waals surface area contributed by atoms with Gasteiger partial charge in [-0.2, -0.15) is 4.58 Å². The summed E-state index contributed by atoms with van der Waals surface area (Å²) in [4.78, 5) is 4.82. The Kier molecular flexibility index (Phi) is 8.06. The van der Waals surface area contributed by atoms with Crippen LogP contribution in [0.25, 0.3) is 0 Å². The molecule has 1 fully saturated rings. The van der Waals surface area contributed by atoms with Gasteiger partial charge in [0.25, 0.3) is 0 Å². The van der Waals surface area contributed by atoms with Crippen LogP contribution >= 0.6 is 0 Å². The van der Waals surface area contributed by atoms with Gasteiger partial charge in [-0.05, 0) is 62.4 Å². The van der Waals surface area contributed by atoms with E-state index in [-0.39, 0.29) is 10.8 Å². The molecule has 4 aromatic carbocycles. The van der Waals surface area contributed by atoms with Crippen LogP contribution < -0.4 is 14.4 Å². The molecule has 48 heavy (non-hydrogen) atoms. The quantitative estimate of drug-likeness (QED) is 0.203. The first kappa shape index (κ1) is 31.9. The standard InChI is InChI=1S/C45H50N3/c1-31-19-25-39-37(29-31)44(3,4)41(46(39)7)27-23-33-21-22-34(24-28-42-45(5,6)38-30-32(2)20-26-40(38)47(42)8)43(33)48(35-15-11-9-12-16-35)36-17-13-10-14-18-36/h9-20,23,25-30,34H,21-22,24H2,1-8H3/q+1/b42-28+. The highest BCUT2D eigenvalue weighted by Gasteiger charge is 2.41. The van der Waals surface area contributed by atoms with Crippen molar-refractivity contribution < 1.29 is 0 Å². The topological polar surface area (TPSA) is 9.49 Å². The minimum Gasteiger partial charge on any atom is -0.347 e. The van der Waals surface area contributed by atoms with Gasteiger partial charge in [0, 0.05) is 83.5 Å². The van der Waals surface area contributed by atoms with Crippen molar-refractivity contribution in [2.75, 3.05) is 23.9 Å². The Morgan fingerprint density at radius 2 is 1.17 bits per heavy atom. The summed E-state index contributed by atoms with van der Waals surface area (Å²) in [5.41, 5.74) is 16.0. The summed E-state index contributed by atoms with van der Waals surface area (Å²) in [6.45, 7) is 13.9. The Hall–Kier alpha value is -4.63. The van der Waals surface area contributed by atoms with Crippen LogP contribution in [0.3, 0.4) is 0 Å². The lowest BCUT2D eigenvalue weighted by Gasteiger charge is -2.25. The number of likely N-dealkylation sites (N-methyl/N-ethyl adjacent to an activating group) is 2. The van der Waals surface area contributed by atoms with Gasteiger partial charge in [-0.15, -0.1) is 0 Å². The highest BCUT2D eigenvalue weighted by molar-refractivity contribution is 6.07. The average molecular weight is 633 g/mol. The van der Waals surface area contributed by atoms with Gasteiger partial charge in [0.1, 0.15) is 0 Å². The van der Waals surface area contributed by atoms with Crippen LogP contribution in [0.15, 0.2) is 132 Å². The molecular weight excluding hydrogens is 583 g/mol. The van der Waals surface area contributed by atoms with E-state index in [1.54, 1.807) is 0 Å². The summed E-state index contributed by atoms with van der Waals surface area (Å²) in [5, 5.41) is 0. The lowest BCUT2D eigenvalue weighted by Crippen LogP contribution is -2.25. The Balaban J connectivity index is 1.35. The molecule has 0 N–H and O–H groups in total. The number of nitrogens with zero attached hydrogens (tertiary/aromatic N) is 3. The van der Waals surface area contributed by atoms with Crippen molar-refractivity contribution in [3.63, 3.8) is 0 Å². The second-order valence-electron chi connectivity index (χ2n) is 15.1. The van der Waals surface area contributed by atoms with Crippen LogP contribution in [0.1, 0.15) is 69.2 Å². The summed E-state index contributed by atoms with van der Waals surface area (Å²) in [6.07, 6.45) is 10.6. The van der Waals surface area contributed by atoms with Crippen LogP contribution in [0.2, 0.25) is 0 Å². The smallest absolute Gasteiger partial charge is 0.211 e. The number of anilines is 2. The van der Waals surface area contributed by atoms with Crippen molar-refractivity contribution in [1.82, 2.24) is 4.58 Å². The molecular formula is C45H50N3+. The third kappa shape index (κ3) is 5.34. The first-order valence-corrected chi connectivity index (χ1v) is 17.6. The normalized spacial score (nSPS) is 21.8. The molecule has 2 heterocycles. The molecule has 1 atom stereocenters. The van der Waals surface area contributed by atoms with Crippen molar-refractivity contribution in [3.8, 4) is 0 Å². The van der Waals surface area contributed by atoms with Gasteiger partial charge in [-0.25, -0.2) is 0 Å². The molecule has 0 bridgehead atoms. The minimum atomic E-state index is -0.0691. The van der Waals surface area contributed by atoms with Crippen molar-refractivity contribution in [2.24, 2.45) is 5.92 Å². The number of allylic oxidation sites excluding steroid dienone is 6. The van der Waals surface area contributed by atoms with E-state index in [0.717, 1.165) is 19.3 Å². The fourth-order valence-corrected chi connectivity index (χ4v) is 8.57. The molecule has 244 valence electrons. The van der Waals surface area contributed by atoms with E-state index in [1.165, 1.54) is 67.7 Å². The highest BCUT2D eigenvalue weighted by atomic mass is 15.2. The van der Waals surface area contributed by atoms with E-state index in [1.807, 2.05) is 0 Å². The molecule has 1 aliphatic carbocycles.